The molecule has 2 rings (SSSR count). The molecule has 0 atom stereocenters. The van der Waals surface area contributed by atoms with Gasteiger partial charge < -0.3 is 0 Å². The molecular formula is C16H20N2OS. The average Bonchev–Trinajstić information content (AvgIpc) is 2.84. The van der Waals surface area contributed by atoms with Crippen molar-refractivity contribution in [2.45, 2.75) is 33.6 Å². The van der Waals surface area contributed by atoms with Crippen molar-refractivity contribution in [3.05, 3.63) is 41.4 Å². The van der Waals surface area contributed by atoms with Crippen LogP contribution in [0.25, 0.3) is 0 Å². The van der Waals surface area contributed by atoms with E-state index in [4.69, 9.17) is 0 Å². The van der Waals surface area contributed by atoms with Gasteiger partial charge in [-0.1, -0.05) is 32.0 Å². The summed E-state index contributed by atoms with van der Waals surface area (Å²) in [7, 11) is 0. The molecule has 0 N–H and O–H groups in total. The quantitative estimate of drug-likeness (QED) is 0.808. The number of para-hydroxylation sites is 1. The molecule has 2 aromatic rings. The maximum absolute atomic E-state index is 12.6. The molecule has 1 amide bonds. The van der Waals surface area contributed by atoms with Gasteiger partial charge in [-0.2, -0.15) is 0 Å². The second kappa shape index (κ2) is 6.66. The Hall–Kier alpha value is -1.68. The Morgan fingerprint density at radius 1 is 1.30 bits per heavy atom. The number of nitrogens with zero attached hydrogens (tertiary/aromatic N) is 2. The first-order valence-electron chi connectivity index (χ1n) is 6.88. The van der Waals surface area contributed by atoms with E-state index >= 15 is 0 Å². The summed E-state index contributed by atoms with van der Waals surface area (Å²) in [6.07, 6.45) is 1.44. The van der Waals surface area contributed by atoms with Gasteiger partial charge in [0.15, 0.2) is 5.13 Å². The molecule has 0 spiro atoms. The van der Waals surface area contributed by atoms with Crippen LogP contribution in [0.2, 0.25) is 0 Å². The standard InChI is InChI=1S/C16H20N2OS/c1-12(2)9-10-15(19)18(14-7-5-4-6-8-14)16-17-13(3)11-20-16/h4-8,11-12H,9-10H2,1-3H3. The van der Waals surface area contributed by atoms with E-state index in [1.165, 1.54) is 11.3 Å². The molecule has 0 aliphatic rings. The number of aromatic nitrogens is 1. The summed E-state index contributed by atoms with van der Waals surface area (Å²) >= 11 is 1.51. The lowest BCUT2D eigenvalue weighted by Gasteiger charge is -2.20. The van der Waals surface area contributed by atoms with Crippen LogP contribution < -0.4 is 4.90 Å². The fourth-order valence-corrected chi connectivity index (χ4v) is 2.74. The third-order valence-electron chi connectivity index (χ3n) is 3.00. The smallest absolute Gasteiger partial charge is 0.233 e. The second-order valence-corrected chi connectivity index (χ2v) is 6.11. The van der Waals surface area contributed by atoms with Crippen LogP contribution in [0.15, 0.2) is 35.7 Å². The largest absolute Gasteiger partial charge is 0.274 e. The van der Waals surface area contributed by atoms with E-state index in [0.29, 0.717) is 12.3 Å². The van der Waals surface area contributed by atoms with Crippen molar-refractivity contribution in [1.29, 1.82) is 0 Å². The third-order valence-corrected chi connectivity index (χ3v) is 3.94. The molecule has 0 radical (unpaired) electrons. The predicted molar refractivity (Wildman–Crippen MR) is 84.5 cm³/mol. The lowest BCUT2D eigenvalue weighted by molar-refractivity contribution is -0.118. The van der Waals surface area contributed by atoms with Gasteiger partial charge in [0.1, 0.15) is 0 Å². The Bertz CT molecular complexity index is 563. The van der Waals surface area contributed by atoms with Gasteiger partial charge in [0.2, 0.25) is 5.91 Å². The molecule has 0 unspecified atom stereocenters. The minimum Gasteiger partial charge on any atom is -0.274 e. The van der Waals surface area contributed by atoms with Crippen molar-refractivity contribution in [2.75, 3.05) is 4.90 Å². The molecule has 1 aromatic carbocycles. The van der Waals surface area contributed by atoms with E-state index in [0.717, 1.165) is 22.9 Å². The van der Waals surface area contributed by atoms with Crippen LogP contribution in [0, 0.1) is 12.8 Å². The molecule has 4 heteroatoms. The van der Waals surface area contributed by atoms with E-state index in [9.17, 15) is 4.79 Å². The zero-order valence-corrected chi connectivity index (χ0v) is 13.0. The maximum atomic E-state index is 12.6. The van der Waals surface area contributed by atoms with Crippen LogP contribution in [0.3, 0.4) is 0 Å². The van der Waals surface area contributed by atoms with E-state index in [1.807, 2.05) is 42.6 Å². The lowest BCUT2D eigenvalue weighted by atomic mass is 10.1. The predicted octanol–water partition coefficient (Wildman–Crippen LogP) is 4.55. The van der Waals surface area contributed by atoms with Crippen LogP contribution in [0.4, 0.5) is 10.8 Å². The van der Waals surface area contributed by atoms with Gasteiger partial charge in [-0.15, -0.1) is 11.3 Å². The highest BCUT2D eigenvalue weighted by atomic mass is 32.1. The van der Waals surface area contributed by atoms with Gasteiger partial charge in [-0.3, -0.25) is 9.69 Å². The van der Waals surface area contributed by atoms with Crippen LogP contribution >= 0.6 is 11.3 Å². The summed E-state index contributed by atoms with van der Waals surface area (Å²) in [4.78, 5) is 18.7. The number of anilines is 2. The minimum absolute atomic E-state index is 0.110. The second-order valence-electron chi connectivity index (χ2n) is 5.27. The molecule has 0 aliphatic heterocycles. The number of thiazole rings is 1. The number of amides is 1. The zero-order valence-electron chi connectivity index (χ0n) is 12.2. The van der Waals surface area contributed by atoms with E-state index in [1.54, 1.807) is 4.90 Å². The fraction of sp³-hybridized carbons (Fsp3) is 0.375. The summed E-state index contributed by atoms with van der Waals surface area (Å²) in [5.41, 5.74) is 1.83. The third kappa shape index (κ3) is 3.67. The Morgan fingerprint density at radius 3 is 2.55 bits per heavy atom. The Balaban J connectivity index is 2.27. The average molecular weight is 288 g/mol. The molecule has 0 saturated carbocycles. The summed E-state index contributed by atoms with van der Waals surface area (Å²) in [6.45, 7) is 6.21. The molecule has 0 saturated heterocycles. The lowest BCUT2D eigenvalue weighted by Crippen LogP contribution is -2.25. The maximum Gasteiger partial charge on any atom is 0.233 e. The first kappa shape index (κ1) is 14.7. The number of hydrogen-bond acceptors (Lipinski definition) is 3. The summed E-state index contributed by atoms with van der Waals surface area (Å²) in [5.74, 6) is 0.633. The van der Waals surface area contributed by atoms with E-state index in [2.05, 4.69) is 18.8 Å². The van der Waals surface area contributed by atoms with E-state index in [-0.39, 0.29) is 5.91 Å². The van der Waals surface area contributed by atoms with Gasteiger partial charge in [-0.25, -0.2) is 4.98 Å². The van der Waals surface area contributed by atoms with Gasteiger partial charge in [0.05, 0.1) is 11.4 Å². The van der Waals surface area contributed by atoms with Gasteiger partial charge in [-0.05, 0) is 31.4 Å². The molecule has 0 fully saturated rings. The molecule has 0 bridgehead atoms. The summed E-state index contributed by atoms with van der Waals surface area (Å²) in [5, 5.41) is 2.73. The summed E-state index contributed by atoms with van der Waals surface area (Å²) < 4.78 is 0. The highest BCUT2D eigenvalue weighted by molar-refractivity contribution is 7.14. The molecular weight excluding hydrogens is 268 g/mol. The monoisotopic (exact) mass is 288 g/mol. The fourth-order valence-electron chi connectivity index (χ4n) is 1.91. The van der Waals surface area contributed by atoms with Crippen molar-refractivity contribution < 1.29 is 4.79 Å². The van der Waals surface area contributed by atoms with Crippen molar-refractivity contribution in [2.24, 2.45) is 5.92 Å². The van der Waals surface area contributed by atoms with Crippen molar-refractivity contribution in [3.63, 3.8) is 0 Å². The van der Waals surface area contributed by atoms with E-state index < -0.39 is 0 Å². The summed E-state index contributed by atoms with van der Waals surface area (Å²) in [6, 6.07) is 9.73. The zero-order chi connectivity index (χ0) is 14.5. The number of aryl methyl sites for hydroxylation is 1. The molecule has 0 aliphatic carbocycles. The Morgan fingerprint density at radius 2 is 2.00 bits per heavy atom. The highest BCUT2D eigenvalue weighted by Gasteiger charge is 2.20. The van der Waals surface area contributed by atoms with Crippen LogP contribution in [0.1, 0.15) is 32.4 Å². The Kier molecular flexibility index (Phi) is 4.90. The molecule has 106 valence electrons. The minimum atomic E-state index is 0.110. The van der Waals surface area contributed by atoms with Crippen LogP contribution in [-0.4, -0.2) is 10.9 Å². The van der Waals surface area contributed by atoms with Crippen molar-refractivity contribution >= 4 is 28.1 Å². The number of carbonyl (C=O) groups is 1. The first-order chi connectivity index (χ1) is 9.58. The molecule has 3 nitrogen and oxygen atoms in total. The number of benzene rings is 1. The molecule has 1 heterocycles. The van der Waals surface area contributed by atoms with Gasteiger partial charge in [0, 0.05) is 11.8 Å². The van der Waals surface area contributed by atoms with Crippen molar-refractivity contribution in [1.82, 2.24) is 4.98 Å². The first-order valence-corrected chi connectivity index (χ1v) is 7.76. The molecule has 20 heavy (non-hydrogen) atoms. The van der Waals surface area contributed by atoms with Gasteiger partial charge in [0.25, 0.3) is 0 Å². The normalized spacial score (nSPS) is 10.8. The number of hydrogen-bond donors (Lipinski definition) is 0. The van der Waals surface area contributed by atoms with Crippen LogP contribution in [0.5, 0.6) is 0 Å². The van der Waals surface area contributed by atoms with Crippen molar-refractivity contribution in [3.8, 4) is 0 Å². The number of carbonyl (C=O) groups excluding carboxylic acids is 1. The number of rotatable bonds is 5. The van der Waals surface area contributed by atoms with Crippen LogP contribution in [-0.2, 0) is 4.79 Å². The van der Waals surface area contributed by atoms with Gasteiger partial charge >= 0.3 is 0 Å². The molecule has 1 aromatic heterocycles. The SMILES string of the molecule is Cc1csc(N(C(=O)CCC(C)C)c2ccccc2)n1. The Labute approximate surface area is 124 Å². The highest BCUT2D eigenvalue weighted by Crippen LogP contribution is 2.29. The topological polar surface area (TPSA) is 33.2 Å².